The number of hydrogen-bond acceptors (Lipinski definition) is 8. The van der Waals surface area contributed by atoms with Gasteiger partial charge in [0.15, 0.2) is 0 Å². The molecule has 0 saturated carbocycles. The zero-order chi connectivity index (χ0) is 27.2. The first-order valence-corrected chi connectivity index (χ1v) is 11.7. The molecule has 1 amide bonds. The summed E-state index contributed by atoms with van der Waals surface area (Å²) in [5.74, 6) is -0.737. The normalized spacial score (nSPS) is 19.9. The van der Waals surface area contributed by atoms with Gasteiger partial charge in [-0.05, 0) is 38.8 Å². The Morgan fingerprint density at radius 2 is 2.00 bits per heavy atom. The number of benzene rings is 1. The summed E-state index contributed by atoms with van der Waals surface area (Å²) in [6.07, 6.45) is -0.846. The van der Waals surface area contributed by atoms with Crippen LogP contribution in [0.4, 0.5) is 4.79 Å². The Hall–Kier alpha value is -4.09. The second-order valence-electron chi connectivity index (χ2n) is 9.63. The molecule has 0 aliphatic carbocycles. The summed E-state index contributed by atoms with van der Waals surface area (Å²) >= 11 is 0. The average molecular weight is 515 g/mol. The van der Waals surface area contributed by atoms with E-state index in [1.165, 1.54) is 10.8 Å². The molecule has 0 unspecified atom stereocenters. The number of nitrogens with zero attached hydrogens (tertiary/aromatic N) is 4. The summed E-state index contributed by atoms with van der Waals surface area (Å²) in [7, 11) is 0. The molecule has 2 N–H and O–H groups in total. The number of H-pyrrole nitrogens is 1. The van der Waals surface area contributed by atoms with Gasteiger partial charge in [0.2, 0.25) is 0 Å². The van der Waals surface area contributed by atoms with Crippen LogP contribution in [-0.2, 0) is 25.4 Å². The number of aromatic nitrogens is 2. The summed E-state index contributed by atoms with van der Waals surface area (Å²) in [5, 5.41) is 6.27. The molecule has 0 spiro atoms. The van der Waals surface area contributed by atoms with Gasteiger partial charge in [0, 0.05) is 29.5 Å². The Labute approximate surface area is 212 Å². The Morgan fingerprint density at radius 3 is 2.65 bits per heavy atom. The lowest BCUT2D eigenvalue weighted by molar-refractivity contribution is -0.151. The number of esters is 1. The minimum absolute atomic E-state index is 0.126. The Bertz CT molecular complexity index is 1280. The van der Waals surface area contributed by atoms with E-state index in [4.69, 9.17) is 19.7 Å². The number of carbonyl (C=O) groups is 2. The predicted molar refractivity (Wildman–Crippen MR) is 132 cm³/mol. The minimum atomic E-state index is -1.06. The second-order valence-corrected chi connectivity index (χ2v) is 9.63. The van der Waals surface area contributed by atoms with Gasteiger partial charge in [-0.1, -0.05) is 35.4 Å². The first kappa shape index (κ1) is 27.5. The van der Waals surface area contributed by atoms with Crippen molar-refractivity contribution in [1.29, 1.82) is 0 Å². The molecule has 198 valence electrons. The highest BCUT2D eigenvalue weighted by molar-refractivity contribution is 5.81. The highest BCUT2D eigenvalue weighted by atomic mass is 16.6. The molecule has 4 atom stereocenters. The Balaban J connectivity index is 1.72. The summed E-state index contributed by atoms with van der Waals surface area (Å²) in [6.45, 7) is 6.36. The van der Waals surface area contributed by atoms with Gasteiger partial charge < -0.3 is 19.5 Å². The number of rotatable bonds is 8. The highest BCUT2D eigenvalue weighted by Gasteiger charge is 2.38. The van der Waals surface area contributed by atoms with Gasteiger partial charge >= 0.3 is 17.8 Å². The number of amides is 1. The Morgan fingerprint density at radius 1 is 1.30 bits per heavy atom. The lowest BCUT2D eigenvalue weighted by atomic mass is 10.1. The summed E-state index contributed by atoms with van der Waals surface area (Å²) in [5.41, 5.74) is 8.11. The zero-order valence-corrected chi connectivity index (χ0v) is 21.0. The zero-order valence-electron chi connectivity index (χ0n) is 21.0. The number of aromatic amines is 1. The SMILES string of the molecule is Cc1cn([C@H]2C[C@H](N=[N+]=[N-])[C@@H](COC(=O)[C@H](Cc3ccccc3)NC(=O)OC(C)(C)C)O2)c(=O)[nH]c1=O. The molecule has 2 aromatic rings. The third-order valence-electron chi connectivity index (χ3n) is 5.51. The van der Waals surface area contributed by atoms with Gasteiger partial charge in [-0.2, -0.15) is 0 Å². The quantitative estimate of drug-likeness (QED) is 0.235. The number of azide groups is 1. The number of ether oxygens (including phenoxy) is 3. The lowest BCUT2D eigenvalue weighted by Crippen LogP contribution is -2.46. The molecule has 13 nitrogen and oxygen atoms in total. The summed E-state index contributed by atoms with van der Waals surface area (Å²) in [4.78, 5) is 54.4. The van der Waals surface area contributed by atoms with Crippen molar-refractivity contribution in [2.24, 2.45) is 5.11 Å². The molecule has 1 aromatic carbocycles. The van der Waals surface area contributed by atoms with Crippen molar-refractivity contribution in [3.8, 4) is 0 Å². The number of hydrogen-bond donors (Lipinski definition) is 2. The van der Waals surface area contributed by atoms with Gasteiger partial charge in [-0.25, -0.2) is 14.4 Å². The van der Waals surface area contributed by atoms with Crippen molar-refractivity contribution in [3.05, 3.63) is 78.9 Å². The maximum atomic E-state index is 13.0. The molecule has 1 aromatic heterocycles. The monoisotopic (exact) mass is 514 g/mol. The van der Waals surface area contributed by atoms with Crippen molar-refractivity contribution < 1.29 is 23.8 Å². The van der Waals surface area contributed by atoms with E-state index in [9.17, 15) is 19.2 Å². The van der Waals surface area contributed by atoms with Crippen LogP contribution >= 0.6 is 0 Å². The number of alkyl carbamates (subject to hydrolysis) is 1. The van der Waals surface area contributed by atoms with Crippen molar-refractivity contribution in [2.75, 3.05) is 6.61 Å². The van der Waals surface area contributed by atoms with Gasteiger partial charge in [0.25, 0.3) is 5.56 Å². The largest absolute Gasteiger partial charge is 0.461 e. The van der Waals surface area contributed by atoms with E-state index in [0.29, 0.717) is 5.56 Å². The van der Waals surface area contributed by atoms with E-state index in [0.717, 1.165) is 5.56 Å². The van der Waals surface area contributed by atoms with E-state index < -0.39 is 53.3 Å². The predicted octanol–water partition coefficient (Wildman–Crippen LogP) is 2.49. The number of carbonyl (C=O) groups excluding carboxylic acids is 2. The van der Waals surface area contributed by atoms with Crippen LogP contribution < -0.4 is 16.6 Å². The smallest absolute Gasteiger partial charge is 0.408 e. The van der Waals surface area contributed by atoms with Gasteiger partial charge in [-0.3, -0.25) is 14.3 Å². The van der Waals surface area contributed by atoms with E-state index >= 15 is 0 Å². The van der Waals surface area contributed by atoms with Crippen molar-refractivity contribution in [2.45, 2.75) is 70.6 Å². The summed E-state index contributed by atoms with van der Waals surface area (Å²) in [6, 6.07) is 7.26. The topological polar surface area (TPSA) is 177 Å². The van der Waals surface area contributed by atoms with Crippen LogP contribution in [0, 0.1) is 6.92 Å². The molecule has 0 bridgehead atoms. The van der Waals surface area contributed by atoms with E-state index in [1.54, 1.807) is 27.7 Å². The maximum absolute atomic E-state index is 13.0. The van der Waals surface area contributed by atoms with Crippen molar-refractivity contribution in [1.82, 2.24) is 14.9 Å². The molecule has 0 radical (unpaired) electrons. The molecule has 1 fully saturated rings. The van der Waals surface area contributed by atoms with Crippen LogP contribution in [0.15, 0.2) is 51.2 Å². The van der Waals surface area contributed by atoms with Crippen LogP contribution in [0.1, 0.15) is 44.5 Å². The molecule has 1 aliphatic heterocycles. The minimum Gasteiger partial charge on any atom is -0.461 e. The highest BCUT2D eigenvalue weighted by Crippen LogP contribution is 2.30. The molecule has 1 aliphatic rings. The summed E-state index contributed by atoms with van der Waals surface area (Å²) < 4.78 is 17.8. The standard InChI is InChI=1S/C24H30N6O7/c1-14-12-30(22(33)27-20(14)31)19-11-16(28-29-25)18(36-19)13-35-21(32)17(10-15-8-6-5-7-9-15)26-23(34)37-24(2,3)4/h5-9,12,16-19H,10-11,13H2,1-4H3,(H,26,34)(H,27,31,33)/t16-,17-,18+,19+/m0/s1. The second kappa shape index (κ2) is 11.8. The molecule has 2 heterocycles. The molecular weight excluding hydrogens is 484 g/mol. The van der Waals surface area contributed by atoms with E-state index in [-0.39, 0.29) is 19.4 Å². The maximum Gasteiger partial charge on any atom is 0.408 e. The molecule has 13 heteroatoms. The van der Waals surface area contributed by atoms with E-state index in [1.807, 2.05) is 30.3 Å². The first-order valence-electron chi connectivity index (χ1n) is 11.7. The first-order chi connectivity index (χ1) is 17.5. The van der Waals surface area contributed by atoms with Gasteiger partial charge in [0.1, 0.15) is 30.6 Å². The number of aryl methyl sites for hydroxylation is 1. The lowest BCUT2D eigenvalue weighted by Gasteiger charge is -2.24. The third-order valence-corrected chi connectivity index (χ3v) is 5.51. The number of nitrogens with one attached hydrogen (secondary N) is 2. The Kier molecular flexibility index (Phi) is 8.74. The van der Waals surface area contributed by atoms with E-state index in [2.05, 4.69) is 20.3 Å². The fourth-order valence-electron chi connectivity index (χ4n) is 3.78. The third kappa shape index (κ3) is 7.69. The fourth-order valence-corrected chi connectivity index (χ4v) is 3.78. The van der Waals surface area contributed by atoms with Crippen LogP contribution in [0.2, 0.25) is 0 Å². The van der Waals surface area contributed by atoms with Crippen LogP contribution in [0.3, 0.4) is 0 Å². The van der Waals surface area contributed by atoms with Gasteiger partial charge in [0.05, 0.1) is 6.04 Å². The van der Waals surface area contributed by atoms with Crippen molar-refractivity contribution >= 4 is 12.1 Å². The molecular formula is C24H30N6O7. The van der Waals surface area contributed by atoms with Gasteiger partial charge in [-0.15, -0.1) is 0 Å². The molecule has 3 rings (SSSR count). The fraction of sp³-hybridized carbons (Fsp3) is 0.500. The molecule has 1 saturated heterocycles. The van der Waals surface area contributed by atoms with Crippen LogP contribution in [0.5, 0.6) is 0 Å². The van der Waals surface area contributed by atoms with Crippen molar-refractivity contribution in [3.63, 3.8) is 0 Å². The van der Waals surface area contributed by atoms with Crippen LogP contribution in [0.25, 0.3) is 10.4 Å². The van der Waals surface area contributed by atoms with Crippen LogP contribution in [-0.4, -0.2) is 52.0 Å². The average Bonchev–Trinajstić information content (AvgIpc) is 3.21. The molecule has 37 heavy (non-hydrogen) atoms.